The molecule has 3 rings (SSSR count). The SMILES string of the molecule is COc1cccc(CN(C(=O)CN(c2cccc(Cl)c2)S(=O)(=O)c2ccc(C)cc2)[C@H](C)C(=O)NCC(C)C)c1. The van der Waals surface area contributed by atoms with Gasteiger partial charge in [0.1, 0.15) is 18.3 Å². The normalized spacial score (nSPS) is 12.1. The van der Waals surface area contributed by atoms with Crippen LogP contribution in [0.2, 0.25) is 5.02 Å². The molecule has 214 valence electrons. The third-order valence-corrected chi connectivity index (χ3v) is 8.35. The number of benzene rings is 3. The van der Waals surface area contributed by atoms with Crippen LogP contribution in [0, 0.1) is 12.8 Å². The molecular formula is C30H36ClN3O5S. The Hall–Kier alpha value is -3.56. The number of methoxy groups -OCH3 is 1. The Labute approximate surface area is 241 Å². The number of sulfonamides is 1. The molecule has 3 aromatic carbocycles. The molecule has 1 N–H and O–H groups in total. The molecule has 0 heterocycles. The topological polar surface area (TPSA) is 96.0 Å². The molecule has 3 aromatic rings. The molecule has 0 saturated carbocycles. The molecule has 0 aliphatic carbocycles. The largest absolute Gasteiger partial charge is 0.497 e. The maximum Gasteiger partial charge on any atom is 0.264 e. The van der Waals surface area contributed by atoms with Gasteiger partial charge in [-0.05, 0) is 67.8 Å². The van der Waals surface area contributed by atoms with E-state index in [1.165, 1.54) is 23.1 Å². The number of halogens is 1. The van der Waals surface area contributed by atoms with Gasteiger partial charge < -0.3 is 15.0 Å². The quantitative estimate of drug-likeness (QED) is 0.321. The second-order valence-electron chi connectivity index (χ2n) is 9.99. The van der Waals surface area contributed by atoms with Crippen LogP contribution in [-0.2, 0) is 26.2 Å². The summed E-state index contributed by atoms with van der Waals surface area (Å²) >= 11 is 6.21. The first-order chi connectivity index (χ1) is 18.9. The lowest BCUT2D eigenvalue weighted by atomic mass is 10.1. The first-order valence-corrected chi connectivity index (χ1v) is 14.8. The van der Waals surface area contributed by atoms with Crippen molar-refractivity contribution in [1.82, 2.24) is 10.2 Å². The number of aryl methyl sites for hydroxylation is 1. The van der Waals surface area contributed by atoms with Crippen LogP contribution >= 0.6 is 11.6 Å². The number of carbonyl (C=O) groups is 2. The van der Waals surface area contributed by atoms with Crippen LogP contribution in [0.1, 0.15) is 31.9 Å². The van der Waals surface area contributed by atoms with Crippen molar-refractivity contribution in [3.63, 3.8) is 0 Å². The number of anilines is 1. The molecule has 0 saturated heterocycles. The van der Waals surface area contributed by atoms with Crippen molar-refractivity contribution in [2.75, 3.05) is 24.5 Å². The Bertz CT molecular complexity index is 1430. The molecule has 40 heavy (non-hydrogen) atoms. The summed E-state index contributed by atoms with van der Waals surface area (Å²) in [6.45, 7) is 7.41. The van der Waals surface area contributed by atoms with Gasteiger partial charge >= 0.3 is 0 Å². The Morgan fingerprint density at radius 3 is 2.27 bits per heavy atom. The second-order valence-corrected chi connectivity index (χ2v) is 12.3. The lowest BCUT2D eigenvalue weighted by molar-refractivity contribution is -0.139. The van der Waals surface area contributed by atoms with Gasteiger partial charge in [-0.15, -0.1) is 0 Å². The third-order valence-electron chi connectivity index (χ3n) is 6.32. The average molecular weight is 586 g/mol. The molecule has 0 bridgehead atoms. The summed E-state index contributed by atoms with van der Waals surface area (Å²) in [5, 5.41) is 3.20. The van der Waals surface area contributed by atoms with Crippen molar-refractivity contribution >= 4 is 39.1 Å². The molecule has 0 aliphatic heterocycles. The van der Waals surface area contributed by atoms with Crippen molar-refractivity contribution in [3.05, 3.63) is 88.9 Å². The second kappa shape index (κ2) is 13.7. The van der Waals surface area contributed by atoms with Crippen LogP contribution in [0.25, 0.3) is 0 Å². The van der Waals surface area contributed by atoms with Crippen LogP contribution < -0.4 is 14.4 Å². The lowest BCUT2D eigenvalue weighted by Crippen LogP contribution is -2.51. The molecule has 10 heteroatoms. The van der Waals surface area contributed by atoms with E-state index in [4.69, 9.17) is 16.3 Å². The maximum absolute atomic E-state index is 14.0. The number of ether oxygens (including phenoxy) is 1. The van der Waals surface area contributed by atoms with Crippen molar-refractivity contribution < 1.29 is 22.7 Å². The minimum Gasteiger partial charge on any atom is -0.497 e. The van der Waals surface area contributed by atoms with E-state index in [-0.39, 0.29) is 29.0 Å². The van der Waals surface area contributed by atoms with Crippen molar-refractivity contribution in [3.8, 4) is 5.75 Å². The van der Waals surface area contributed by atoms with E-state index < -0.39 is 28.5 Å². The fourth-order valence-corrected chi connectivity index (χ4v) is 5.59. The highest BCUT2D eigenvalue weighted by molar-refractivity contribution is 7.92. The molecule has 0 unspecified atom stereocenters. The van der Waals surface area contributed by atoms with Gasteiger partial charge in [-0.3, -0.25) is 13.9 Å². The molecular weight excluding hydrogens is 550 g/mol. The Kier molecular flexibility index (Phi) is 10.6. The first kappa shape index (κ1) is 31.0. The van der Waals surface area contributed by atoms with E-state index in [0.29, 0.717) is 17.3 Å². The van der Waals surface area contributed by atoms with Crippen LogP contribution in [0.15, 0.2) is 77.7 Å². The van der Waals surface area contributed by atoms with E-state index >= 15 is 0 Å². The van der Waals surface area contributed by atoms with E-state index in [0.717, 1.165) is 15.4 Å². The molecule has 2 amide bonds. The highest BCUT2D eigenvalue weighted by Gasteiger charge is 2.32. The van der Waals surface area contributed by atoms with Crippen LogP contribution in [-0.4, -0.2) is 51.4 Å². The zero-order chi connectivity index (χ0) is 29.4. The molecule has 0 spiro atoms. The van der Waals surface area contributed by atoms with Crippen LogP contribution in [0.4, 0.5) is 5.69 Å². The van der Waals surface area contributed by atoms with Gasteiger partial charge in [0.05, 0.1) is 17.7 Å². The van der Waals surface area contributed by atoms with E-state index in [2.05, 4.69) is 5.32 Å². The Balaban J connectivity index is 2.02. The van der Waals surface area contributed by atoms with E-state index in [1.807, 2.05) is 26.8 Å². The summed E-state index contributed by atoms with van der Waals surface area (Å²) in [5.74, 6) is -0.0627. The highest BCUT2D eigenvalue weighted by Crippen LogP contribution is 2.27. The molecule has 0 aromatic heterocycles. The first-order valence-electron chi connectivity index (χ1n) is 13.0. The summed E-state index contributed by atoms with van der Waals surface area (Å²) in [7, 11) is -2.62. The number of rotatable bonds is 12. The summed E-state index contributed by atoms with van der Waals surface area (Å²) in [6, 6.07) is 19.0. The summed E-state index contributed by atoms with van der Waals surface area (Å²) in [4.78, 5) is 28.5. The van der Waals surface area contributed by atoms with E-state index in [9.17, 15) is 18.0 Å². The Morgan fingerprint density at radius 2 is 1.65 bits per heavy atom. The molecule has 0 aliphatic rings. The fourth-order valence-electron chi connectivity index (χ4n) is 4.00. The average Bonchev–Trinajstić information content (AvgIpc) is 2.93. The predicted molar refractivity (Wildman–Crippen MR) is 158 cm³/mol. The number of hydrogen-bond donors (Lipinski definition) is 1. The number of hydrogen-bond acceptors (Lipinski definition) is 5. The molecule has 0 fully saturated rings. The van der Waals surface area contributed by atoms with Gasteiger partial charge in [0.2, 0.25) is 11.8 Å². The molecule has 0 radical (unpaired) electrons. The van der Waals surface area contributed by atoms with Crippen LogP contribution in [0.5, 0.6) is 5.75 Å². The number of amides is 2. The van der Waals surface area contributed by atoms with Gasteiger partial charge in [0.15, 0.2) is 0 Å². The fraction of sp³-hybridized carbons (Fsp3) is 0.333. The minimum absolute atomic E-state index is 0.0351. The monoisotopic (exact) mass is 585 g/mol. The van der Waals surface area contributed by atoms with Crippen molar-refractivity contribution in [2.24, 2.45) is 5.92 Å². The van der Waals surface area contributed by atoms with Gasteiger partial charge in [0, 0.05) is 18.1 Å². The van der Waals surface area contributed by atoms with Gasteiger partial charge in [-0.2, -0.15) is 0 Å². The van der Waals surface area contributed by atoms with Crippen molar-refractivity contribution in [2.45, 2.75) is 45.2 Å². The minimum atomic E-state index is -4.16. The smallest absolute Gasteiger partial charge is 0.264 e. The summed E-state index contributed by atoms with van der Waals surface area (Å²) in [5.41, 5.74) is 1.86. The summed E-state index contributed by atoms with van der Waals surface area (Å²) in [6.07, 6.45) is 0. The standard InChI is InChI=1S/C30H36ClN3O5S/c1-21(2)18-32-30(36)23(4)33(19-24-8-6-11-27(16-24)39-5)29(35)20-34(26-10-7-9-25(31)17-26)40(37,38)28-14-12-22(3)13-15-28/h6-17,21,23H,18-20H2,1-5H3,(H,32,36)/t23-/m1/s1. The summed E-state index contributed by atoms with van der Waals surface area (Å²) < 4.78 is 34.1. The number of nitrogens with one attached hydrogen (secondary N) is 1. The van der Waals surface area contributed by atoms with Crippen molar-refractivity contribution in [1.29, 1.82) is 0 Å². The number of carbonyl (C=O) groups excluding carboxylic acids is 2. The van der Waals surface area contributed by atoms with Crippen LogP contribution in [0.3, 0.4) is 0 Å². The molecule has 1 atom stereocenters. The maximum atomic E-state index is 14.0. The van der Waals surface area contributed by atoms with E-state index in [1.54, 1.807) is 62.6 Å². The predicted octanol–water partition coefficient (Wildman–Crippen LogP) is 5.04. The van der Waals surface area contributed by atoms with Gasteiger partial charge in [0.25, 0.3) is 10.0 Å². The third kappa shape index (κ3) is 7.99. The lowest BCUT2D eigenvalue weighted by Gasteiger charge is -2.32. The molecule has 8 nitrogen and oxygen atoms in total. The number of nitrogens with zero attached hydrogens (tertiary/aromatic N) is 2. The highest BCUT2D eigenvalue weighted by atomic mass is 35.5. The van der Waals surface area contributed by atoms with Gasteiger partial charge in [-0.25, -0.2) is 8.42 Å². The zero-order valence-corrected chi connectivity index (χ0v) is 25.0. The van der Waals surface area contributed by atoms with Gasteiger partial charge in [-0.1, -0.05) is 61.3 Å². The Morgan fingerprint density at radius 1 is 0.975 bits per heavy atom. The zero-order valence-electron chi connectivity index (χ0n) is 23.4.